The van der Waals surface area contributed by atoms with Gasteiger partial charge in [0.05, 0.1) is 11.1 Å². The van der Waals surface area contributed by atoms with Crippen LogP contribution in [0.25, 0.3) is 6.08 Å². The highest BCUT2D eigenvalue weighted by Gasteiger charge is 2.07. The van der Waals surface area contributed by atoms with E-state index in [2.05, 4.69) is 15.9 Å². The zero-order valence-electron chi connectivity index (χ0n) is 9.81. The van der Waals surface area contributed by atoms with Crippen LogP contribution >= 0.6 is 15.9 Å². The van der Waals surface area contributed by atoms with Gasteiger partial charge in [0, 0.05) is 0 Å². The van der Waals surface area contributed by atoms with E-state index in [-0.39, 0.29) is 5.57 Å². The first-order valence-corrected chi connectivity index (χ1v) is 6.15. The van der Waals surface area contributed by atoms with Gasteiger partial charge in [-0.05, 0) is 46.1 Å². The number of aliphatic carboxylic acids is 1. The molecule has 0 aliphatic carbocycles. The molecular weight excluding hydrogens is 298 g/mol. The van der Waals surface area contributed by atoms with Gasteiger partial charge >= 0.3 is 5.97 Å². The van der Waals surface area contributed by atoms with Crippen LogP contribution in [0.2, 0.25) is 0 Å². The lowest BCUT2D eigenvalue weighted by Gasteiger charge is -2.07. The van der Waals surface area contributed by atoms with E-state index in [1.165, 1.54) is 6.08 Å². The summed E-state index contributed by atoms with van der Waals surface area (Å²) in [6.07, 6.45) is 2.22. The molecule has 0 fully saturated rings. The van der Waals surface area contributed by atoms with Gasteiger partial charge in [-0.1, -0.05) is 13.0 Å². The highest BCUT2D eigenvalue weighted by molar-refractivity contribution is 9.10. The Hall–Kier alpha value is -1.80. The molecule has 4 nitrogen and oxygen atoms in total. The first-order valence-electron chi connectivity index (χ1n) is 5.36. The lowest BCUT2D eigenvalue weighted by Crippen LogP contribution is -1.98. The average Bonchev–Trinajstić information content (AvgIpc) is 2.34. The molecule has 94 valence electrons. The van der Waals surface area contributed by atoms with Crippen LogP contribution in [0.4, 0.5) is 0 Å². The van der Waals surface area contributed by atoms with Gasteiger partial charge in [-0.25, -0.2) is 4.79 Å². The molecule has 0 saturated heterocycles. The zero-order valence-corrected chi connectivity index (χ0v) is 11.4. The molecule has 1 rings (SSSR count). The summed E-state index contributed by atoms with van der Waals surface area (Å²) in [6.45, 7) is 2.63. The highest BCUT2D eigenvalue weighted by Crippen LogP contribution is 2.27. The molecule has 0 heterocycles. The Balaban J connectivity index is 2.98. The molecule has 0 aromatic heterocycles. The van der Waals surface area contributed by atoms with E-state index >= 15 is 0 Å². The van der Waals surface area contributed by atoms with Gasteiger partial charge in [0.25, 0.3) is 0 Å². The van der Waals surface area contributed by atoms with E-state index < -0.39 is 5.97 Å². The molecule has 0 aliphatic heterocycles. The third-order valence-corrected chi connectivity index (χ3v) is 2.70. The number of hydrogen-bond acceptors (Lipinski definition) is 3. The summed E-state index contributed by atoms with van der Waals surface area (Å²) in [6, 6.07) is 6.79. The van der Waals surface area contributed by atoms with Crippen LogP contribution in [0.1, 0.15) is 18.9 Å². The third kappa shape index (κ3) is 3.90. The Bertz CT molecular complexity index is 517. The number of rotatable bonds is 5. The normalized spacial score (nSPS) is 10.8. The van der Waals surface area contributed by atoms with E-state index in [1.54, 1.807) is 24.3 Å². The monoisotopic (exact) mass is 309 g/mol. The molecule has 0 saturated carbocycles. The van der Waals surface area contributed by atoms with Gasteiger partial charge in [0.15, 0.2) is 0 Å². The van der Waals surface area contributed by atoms with E-state index in [9.17, 15) is 4.79 Å². The van der Waals surface area contributed by atoms with Crippen LogP contribution < -0.4 is 4.74 Å². The zero-order chi connectivity index (χ0) is 13.5. The number of halogens is 1. The summed E-state index contributed by atoms with van der Waals surface area (Å²) in [5.74, 6) is -0.539. The van der Waals surface area contributed by atoms with E-state index in [4.69, 9.17) is 15.1 Å². The average molecular weight is 310 g/mol. The molecule has 1 N–H and O–H groups in total. The fraction of sp³-hybridized carbons (Fsp3) is 0.231. The molecule has 1 aromatic rings. The van der Waals surface area contributed by atoms with E-state index in [0.717, 1.165) is 10.9 Å². The van der Waals surface area contributed by atoms with Gasteiger partial charge in [-0.2, -0.15) is 5.26 Å². The summed E-state index contributed by atoms with van der Waals surface area (Å²) in [5, 5.41) is 17.4. The Morgan fingerprint density at radius 1 is 1.61 bits per heavy atom. The molecule has 0 atom stereocenters. The maximum atomic E-state index is 10.7. The van der Waals surface area contributed by atoms with Crippen molar-refractivity contribution < 1.29 is 14.6 Å². The summed E-state index contributed by atoms with van der Waals surface area (Å²) in [4.78, 5) is 10.7. The maximum Gasteiger partial charge on any atom is 0.346 e. The number of benzene rings is 1. The molecule has 0 amide bonds. The van der Waals surface area contributed by atoms with Gasteiger partial charge in [-0.3, -0.25) is 0 Å². The molecule has 0 spiro atoms. The Morgan fingerprint density at radius 3 is 2.83 bits per heavy atom. The second-order valence-corrected chi connectivity index (χ2v) is 4.37. The van der Waals surface area contributed by atoms with Crippen molar-refractivity contribution in [3.63, 3.8) is 0 Å². The highest BCUT2D eigenvalue weighted by atomic mass is 79.9. The SMILES string of the molecule is CCCOc1ccc(C=C(C#N)C(=O)O)cc1Br. The summed E-state index contributed by atoms with van der Waals surface area (Å²) < 4.78 is 6.20. The lowest BCUT2D eigenvalue weighted by atomic mass is 10.1. The smallest absolute Gasteiger partial charge is 0.346 e. The third-order valence-electron chi connectivity index (χ3n) is 2.08. The van der Waals surface area contributed by atoms with E-state index in [1.807, 2.05) is 6.92 Å². The minimum absolute atomic E-state index is 0.302. The molecule has 0 unspecified atom stereocenters. The molecule has 18 heavy (non-hydrogen) atoms. The minimum atomic E-state index is -1.24. The predicted molar refractivity (Wildman–Crippen MR) is 71.2 cm³/mol. The topological polar surface area (TPSA) is 70.3 Å². The summed E-state index contributed by atoms with van der Waals surface area (Å²) >= 11 is 3.34. The van der Waals surface area contributed by atoms with Crippen molar-refractivity contribution in [2.45, 2.75) is 13.3 Å². The Labute approximate surface area is 114 Å². The Morgan fingerprint density at radius 2 is 2.33 bits per heavy atom. The van der Waals surface area contributed by atoms with Crippen molar-refractivity contribution in [2.24, 2.45) is 0 Å². The molecule has 0 aliphatic rings. The largest absolute Gasteiger partial charge is 0.492 e. The number of ether oxygens (including phenoxy) is 1. The second-order valence-electron chi connectivity index (χ2n) is 3.51. The number of carboxylic acid groups (broad SMARTS) is 1. The summed E-state index contributed by atoms with van der Waals surface area (Å²) in [5.41, 5.74) is 0.328. The van der Waals surface area contributed by atoms with Gasteiger partial charge in [-0.15, -0.1) is 0 Å². The molecule has 0 bridgehead atoms. The first kappa shape index (κ1) is 14.3. The first-order chi connectivity index (χ1) is 8.58. The van der Waals surface area contributed by atoms with Crippen molar-refractivity contribution in [1.82, 2.24) is 0 Å². The predicted octanol–water partition coefficient (Wildman–Crippen LogP) is 3.23. The standard InChI is InChI=1S/C13H12BrNO3/c1-2-5-18-12-4-3-9(7-11(12)14)6-10(8-15)13(16)17/h3-4,6-7H,2,5H2,1H3,(H,16,17). The molecule has 5 heteroatoms. The van der Waals surface area contributed by atoms with Crippen LogP contribution in [0.15, 0.2) is 28.2 Å². The summed E-state index contributed by atoms with van der Waals surface area (Å²) in [7, 11) is 0. The second kappa shape index (κ2) is 6.82. The van der Waals surface area contributed by atoms with Crippen LogP contribution in [0.5, 0.6) is 5.75 Å². The molecule has 1 aromatic carbocycles. The Kier molecular flexibility index (Phi) is 5.40. The van der Waals surface area contributed by atoms with Crippen LogP contribution in [-0.2, 0) is 4.79 Å². The minimum Gasteiger partial charge on any atom is -0.492 e. The van der Waals surface area contributed by atoms with Gasteiger partial charge in [0.1, 0.15) is 17.4 Å². The fourth-order valence-corrected chi connectivity index (χ4v) is 1.76. The number of nitrogens with zero attached hydrogens (tertiary/aromatic N) is 1. The van der Waals surface area contributed by atoms with Gasteiger partial charge in [0.2, 0.25) is 0 Å². The number of nitriles is 1. The van der Waals surface area contributed by atoms with Crippen molar-refractivity contribution in [2.75, 3.05) is 6.61 Å². The maximum absolute atomic E-state index is 10.7. The molecular formula is C13H12BrNO3. The van der Waals surface area contributed by atoms with Gasteiger partial charge < -0.3 is 9.84 Å². The quantitative estimate of drug-likeness (QED) is 0.669. The molecule has 0 radical (unpaired) electrons. The number of carboxylic acids is 1. The van der Waals surface area contributed by atoms with Crippen molar-refractivity contribution in [3.05, 3.63) is 33.8 Å². The fourth-order valence-electron chi connectivity index (χ4n) is 1.24. The number of hydrogen-bond donors (Lipinski definition) is 1. The van der Waals surface area contributed by atoms with Crippen LogP contribution in [0.3, 0.4) is 0 Å². The van der Waals surface area contributed by atoms with Crippen molar-refractivity contribution in [3.8, 4) is 11.8 Å². The van der Waals surface area contributed by atoms with Crippen LogP contribution in [0, 0.1) is 11.3 Å². The van der Waals surface area contributed by atoms with Crippen molar-refractivity contribution in [1.29, 1.82) is 5.26 Å². The lowest BCUT2D eigenvalue weighted by molar-refractivity contribution is -0.132. The van der Waals surface area contributed by atoms with Crippen molar-refractivity contribution >= 4 is 28.0 Å². The van der Waals surface area contributed by atoms with Crippen LogP contribution in [-0.4, -0.2) is 17.7 Å². The van der Waals surface area contributed by atoms with E-state index in [0.29, 0.717) is 17.9 Å². The number of carbonyl (C=O) groups is 1.